The van der Waals surface area contributed by atoms with Crippen molar-refractivity contribution >= 4 is 52.0 Å². The van der Waals surface area contributed by atoms with Crippen LogP contribution in [-0.2, 0) is 10.5 Å². The lowest BCUT2D eigenvalue weighted by molar-refractivity contribution is -0.115. The van der Waals surface area contributed by atoms with Gasteiger partial charge in [0.1, 0.15) is 15.8 Å². The number of furan rings is 2. The van der Waals surface area contributed by atoms with Crippen molar-refractivity contribution in [3.8, 4) is 0 Å². The van der Waals surface area contributed by atoms with Gasteiger partial charge in [0.2, 0.25) is 0 Å². The van der Waals surface area contributed by atoms with Crippen LogP contribution in [0.25, 0.3) is 6.08 Å². The Balaban J connectivity index is 1.66. The molecule has 3 rings (SSSR count). The number of nitrogens with one attached hydrogen (secondary N) is 1. The Labute approximate surface area is 129 Å². The maximum atomic E-state index is 11.5. The molecule has 4 nitrogen and oxygen atoms in total. The number of carbonyl (C=O) groups excluding carboxylic acids is 1. The molecule has 0 radical (unpaired) electrons. The van der Waals surface area contributed by atoms with Gasteiger partial charge in [-0.05, 0) is 24.3 Å². The van der Waals surface area contributed by atoms with Crippen LogP contribution in [0.5, 0.6) is 0 Å². The molecule has 2 aromatic heterocycles. The van der Waals surface area contributed by atoms with Crippen molar-refractivity contribution < 1.29 is 13.6 Å². The first-order valence-corrected chi connectivity index (χ1v) is 7.91. The lowest BCUT2D eigenvalue weighted by atomic mass is 10.4. The smallest absolute Gasteiger partial charge is 0.263 e. The third kappa shape index (κ3) is 3.17. The Kier molecular flexibility index (Phi) is 4.00. The quantitative estimate of drug-likeness (QED) is 0.526. The van der Waals surface area contributed by atoms with Crippen LogP contribution in [0, 0.1) is 0 Å². The first-order valence-electron chi connectivity index (χ1n) is 5.70. The van der Waals surface area contributed by atoms with Gasteiger partial charge in [-0.1, -0.05) is 35.7 Å². The van der Waals surface area contributed by atoms with Crippen molar-refractivity contribution in [3.63, 3.8) is 0 Å². The van der Waals surface area contributed by atoms with Crippen LogP contribution in [-0.4, -0.2) is 10.2 Å². The second-order valence-electron chi connectivity index (χ2n) is 3.88. The van der Waals surface area contributed by atoms with Gasteiger partial charge in [0.15, 0.2) is 5.09 Å². The molecule has 0 spiro atoms. The van der Waals surface area contributed by atoms with Gasteiger partial charge in [-0.3, -0.25) is 4.79 Å². The largest absolute Gasteiger partial charge is 0.468 e. The van der Waals surface area contributed by atoms with Crippen LogP contribution in [0.15, 0.2) is 49.4 Å². The van der Waals surface area contributed by atoms with E-state index in [0.29, 0.717) is 20.7 Å². The first kappa shape index (κ1) is 13.5. The van der Waals surface area contributed by atoms with Crippen molar-refractivity contribution in [3.05, 3.63) is 47.0 Å². The molecular weight excluding hydrogens is 314 g/mol. The maximum absolute atomic E-state index is 11.5. The van der Waals surface area contributed by atoms with E-state index in [1.54, 1.807) is 12.3 Å². The summed E-state index contributed by atoms with van der Waals surface area (Å²) in [5.41, 5.74) is 0. The minimum atomic E-state index is -0.179. The topological polar surface area (TPSA) is 55.4 Å². The Morgan fingerprint density at radius 2 is 2.30 bits per heavy atom. The number of rotatable bonds is 4. The van der Waals surface area contributed by atoms with E-state index in [2.05, 4.69) is 5.32 Å². The molecule has 20 heavy (non-hydrogen) atoms. The molecule has 102 valence electrons. The summed E-state index contributed by atoms with van der Waals surface area (Å²) in [5, 5.41) is 3.34. The van der Waals surface area contributed by atoms with Crippen molar-refractivity contribution in [1.82, 2.24) is 5.32 Å². The third-order valence-electron chi connectivity index (χ3n) is 2.45. The maximum Gasteiger partial charge on any atom is 0.263 e. The van der Waals surface area contributed by atoms with Crippen LogP contribution in [0.2, 0.25) is 0 Å². The van der Waals surface area contributed by atoms with E-state index in [0.717, 1.165) is 10.9 Å². The predicted molar refractivity (Wildman–Crippen MR) is 83.3 cm³/mol. The first-order chi connectivity index (χ1) is 9.70. The van der Waals surface area contributed by atoms with Crippen molar-refractivity contribution in [1.29, 1.82) is 0 Å². The average Bonchev–Trinajstić information content (AvgIpc) is 3.11. The summed E-state index contributed by atoms with van der Waals surface area (Å²) < 4.78 is 11.4. The van der Waals surface area contributed by atoms with Gasteiger partial charge in [0, 0.05) is 6.08 Å². The van der Waals surface area contributed by atoms with E-state index in [9.17, 15) is 4.79 Å². The molecular formula is C13H9NO3S3. The highest BCUT2D eigenvalue weighted by molar-refractivity contribution is 8.26. The second-order valence-corrected chi connectivity index (χ2v) is 6.58. The Hall–Kier alpha value is -1.44. The number of hydrogen-bond donors (Lipinski definition) is 1. The summed E-state index contributed by atoms with van der Waals surface area (Å²) >= 11 is 7.70. The van der Waals surface area contributed by atoms with Gasteiger partial charge in [-0.2, -0.15) is 0 Å². The zero-order valence-electron chi connectivity index (χ0n) is 10.1. The number of thioether (sulfide) groups is 2. The monoisotopic (exact) mass is 323 g/mol. The minimum absolute atomic E-state index is 0.179. The molecule has 0 atom stereocenters. The Morgan fingerprint density at radius 3 is 3.00 bits per heavy atom. The fraction of sp³-hybridized carbons (Fsp3) is 0.0769. The molecule has 0 aromatic carbocycles. The number of amides is 1. The van der Waals surface area contributed by atoms with Gasteiger partial charge < -0.3 is 14.2 Å². The molecule has 3 heterocycles. The van der Waals surface area contributed by atoms with Gasteiger partial charge >= 0.3 is 0 Å². The molecule has 7 heteroatoms. The molecule has 1 fully saturated rings. The van der Waals surface area contributed by atoms with Crippen molar-refractivity contribution in [2.75, 3.05) is 0 Å². The minimum Gasteiger partial charge on any atom is -0.468 e. The number of thiocarbonyl (C=S) groups is 1. The van der Waals surface area contributed by atoms with E-state index in [4.69, 9.17) is 21.1 Å². The molecule has 1 N–H and O–H groups in total. The van der Waals surface area contributed by atoms with Crippen LogP contribution >= 0.6 is 35.7 Å². The van der Waals surface area contributed by atoms with Gasteiger partial charge in [-0.15, -0.1) is 0 Å². The van der Waals surface area contributed by atoms with E-state index in [1.807, 2.05) is 24.3 Å². The lowest BCUT2D eigenvalue weighted by Gasteiger charge is -1.94. The Morgan fingerprint density at radius 1 is 1.40 bits per heavy atom. The fourth-order valence-electron chi connectivity index (χ4n) is 1.58. The molecule has 2 aromatic rings. The van der Waals surface area contributed by atoms with Gasteiger partial charge in [0.25, 0.3) is 5.91 Å². The molecule has 1 saturated heterocycles. The number of hydrogen-bond acceptors (Lipinski definition) is 6. The standard InChI is InChI=1S/C13H9NO3S3/c15-12-10(20-13(18)14-12)6-8-3-4-11(17-8)19-7-9-2-1-5-16-9/h1-6H,7H2,(H,14,15,18)/b10-6-. The van der Waals surface area contributed by atoms with E-state index < -0.39 is 0 Å². The lowest BCUT2D eigenvalue weighted by Crippen LogP contribution is -2.17. The average molecular weight is 323 g/mol. The van der Waals surface area contributed by atoms with Crippen LogP contribution in [0.4, 0.5) is 0 Å². The molecule has 0 unspecified atom stereocenters. The highest BCUT2D eigenvalue weighted by atomic mass is 32.2. The summed E-state index contributed by atoms with van der Waals surface area (Å²) in [4.78, 5) is 12.1. The number of carbonyl (C=O) groups is 1. The third-order valence-corrected chi connectivity index (χ3v) is 4.55. The molecule has 0 bridgehead atoms. The van der Waals surface area contributed by atoms with Crippen LogP contribution < -0.4 is 5.32 Å². The van der Waals surface area contributed by atoms with E-state index >= 15 is 0 Å². The summed E-state index contributed by atoms with van der Waals surface area (Å²) in [6, 6.07) is 7.47. The summed E-state index contributed by atoms with van der Waals surface area (Å²) in [7, 11) is 0. The molecule has 1 amide bonds. The normalized spacial score (nSPS) is 16.9. The molecule has 1 aliphatic rings. The highest BCUT2D eigenvalue weighted by Gasteiger charge is 2.22. The van der Waals surface area contributed by atoms with Gasteiger partial charge in [-0.25, -0.2) is 0 Å². The van der Waals surface area contributed by atoms with Crippen molar-refractivity contribution in [2.24, 2.45) is 0 Å². The van der Waals surface area contributed by atoms with Crippen LogP contribution in [0.3, 0.4) is 0 Å². The molecule has 0 aliphatic carbocycles. The zero-order chi connectivity index (χ0) is 13.9. The fourth-order valence-corrected chi connectivity index (χ4v) is 3.37. The highest BCUT2D eigenvalue weighted by Crippen LogP contribution is 2.29. The summed E-state index contributed by atoms with van der Waals surface area (Å²) in [6.07, 6.45) is 3.34. The van der Waals surface area contributed by atoms with Crippen LogP contribution in [0.1, 0.15) is 11.5 Å². The Bertz CT molecular complexity index is 673. The summed E-state index contributed by atoms with van der Waals surface area (Å²) in [5.74, 6) is 2.05. The van der Waals surface area contributed by atoms with Gasteiger partial charge in [0.05, 0.1) is 16.9 Å². The SMILES string of the molecule is O=C1NC(=S)S/C1=C\c1ccc(SCc2ccco2)o1. The predicted octanol–water partition coefficient (Wildman–Crippen LogP) is 3.65. The summed E-state index contributed by atoms with van der Waals surface area (Å²) in [6.45, 7) is 0. The van der Waals surface area contributed by atoms with E-state index in [1.165, 1.54) is 23.5 Å². The zero-order valence-corrected chi connectivity index (χ0v) is 12.6. The van der Waals surface area contributed by atoms with E-state index in [-0.39, 0.29) is 5.91 Å². The molecule has 1 aliphatic heterocycles. The molecule has 0 saturated carbocycles. The van der Waals surface area contributed by atoms with Crippen molar-refractivity contribution in [2.45, 2.75) is 10.8 Å². The second kappa shape index (κ2) is 5.90.